The molecule has 0 spiro atoms. The number of hydrogen-bond donors (Lipinski definition) is 2. The molecule has 1 amide bonds. The van der Waals surface area contributed by atoms with Gasteiger partial charge in [-0.15, -0.1) is 11.6 Å². The topological polar surface area (TPSA) is 62.2 Å². The lowest BCUT2D eigenvalue weighted by molar-refractivity contribution is -0.138. The van der Waals surface area contributed by atoms with Crippen LogP contribution in [0.2, 0.25) is 0 Å². The summed E-state index contributed by atoms with van der Waals surface area (Å²) in [5.41, 5.74) is 5.70. The maximum atomic E-state index is 13.3. The Hall–Kier alpha value is -2.10. The number of aromatic nitrogens is 2. The third-order valence-electron chi connectivity index (χ3n) is 5.25. The van der Waals surface area contributed by atoms with Crippen molar-refractivity contribution in [3.8, 4) is 0 Å². The van der Waals surface area contributed by atoms with Crippen LogP contribution >= 0.6 is 11.6 Å². The lowest BCUT2D eigenvalue weighted by Gasteiger charge is -2.39. The van der Waals surface area contributed by atoms with Gasteiger partial charge in [0.2, 0.25) is 0 Å². The molecule has 28 heavy (non-hydrogen) atoms. The van der Waals surface area contributed by atoms with Crippen LogP contribution < -0.4 is 10.9 Å². The first-order chi connectivity index (χ1) is 13.3. The van der Waals surface area contributed by atoms with Crippen molar-refractivity contribution in [3.05, 3.63) is 53.1 Å². The Balaban J connectivity index is 1.53. The summed E-state index contributed by atoms with van der Waals surface area (Å²) >= 11 is 6.24. The van der Waals surface area contributed by atoms with E-state index in [2.05, 4.69) is 20.7 Å². The average molecular weight is 414 g/mol. The standard InChI is InChI=1S/C18H19ClF3N5O/c19-16-14(9-24-25-17(16)28)26-5-6-27-12(8-23-15(27)10-26)7-11-3-1-2-4-13(11)18(20,21)22/h1-4,8,14,16,24H,5-7,9-10H2,(H,25,28). The van der Waals surface area contributed by atoms with Gasteiger partial charge in [-0.1, -0.05) is 18.2 Å². The number of hydrogen-bond acceptors (Lipinski definition) is 4. The van der Waals surface area contributed by atoms with E-state index in [1.807, 2.05) is 4.57 Å². The molecule has 2 aliphatic rings. The SMILES string of the molecule is O=C1NNCC(N2CCn3c(Cc4ccccc4C(F)(F)F)cnc3C2)C1Cl. The van der Waals surface area contributed by atoms with E-state index in [4.69, 9.17) is 11.6 Å². The van der Waals surface area contributed by atoms with Gasteiger partial charge in [0.15, 0.2) is 0 Å². The number of nitrogens with one attached hydrogen (secondary N) is 2. The minimum Gasteiger partial charge on any atom is -0.329 e. The van der Waals surface area contributed by atoms with E-state index in [0.29, 0.717) is 26.2 Å². The van der Waals surface area contributed by atoms with Crippen LogP contribution in [0, 0.1) is 0 Å². The molecule has 0 aliphatic carbocycles. The first-order valence-corrected chi connectivity index (χ1v) is 9.37. The molecule has 150 valence electrons. The van der Waals surface area contributed by atoms with Crippen molar-refractivity contribution in [1.29, 1.82) is 0 Å². The highest BCUT2D eigenvalue weighted by Crippen LogP contribution is 2.33. The van der Waals surface area contributed by atoms with Crippen molar-refractivity contribution >= 4 is 17.5 Å². The predicted octanol–water partition coefficient (Wildman–Crippen LogP) is 1.92. The fourth-order valence-electron chi connectivity index (χ4n) is 3.82. The Kier molecular flexibility index (Phi) is 5.07. The van der Waals surface area contributed by atoms with Crippen LogP contribution in [0.5, 0.6) is 0 Å². The number of fused-ring (bicyclic) bond motifs is 1. The van der Waals surface area contributed by atoms with Crippen LogP contribution in [0.25, 0.3) is 0 Å². The number of halogens is 4. The van der Waals surface area contributed by atoms with Crippen LogP contribution in [0.3, 0.4) is 0 Å². The van der Waals surface area contributed by atoms with Gasteiger partial charge in [0.05, 0.1) is 12.1 Å². The number of hydrazine groups is 1. The molecule has 1 aromatic carbocycles. The quantitative estimate of drug-likeness (QED) is 0.755. The maximum absolute atomic E-state index is 13.3. The molecular weight excluding hydrogens is 395 g/mol. The summed E-state index contributed by atoms with van der Waals surface area (Å²) in [6.07, 6.45) is -2.59. The zero-order valence-corrected chi connectivity index (χ0v) is 15.6. The van der Waals surface area contributed by atoms with Crippen molar-refractivity contribution in [3.63, 3.8) is 0 Å². The van der Waals surface area contributed by atoms with Crippen LogP contribution in [0.1, 0.15) is 22.6 Å². The van der Waals surface area contributed by atoms with E-state index in [1.165, 1.54) is 12.1 Å². The Morgan fingerprint density at radius 1 is 1.25 bits per heavy atom. The maximum Gasteiger partial charge on any atom is 0.416 e. The second kappa shape index (κ2) is 7.38. The molecule has 1 aromatic heterocycles. The molecule has 3 heterocycles. The van der Waals surface area contributed by atoms with E-state index in [0.717, 1.165) is 17.6 Å². The van der Waals surface area contributed by atoms with Crippen molar-refractivity contribution < 1.29 is 18.0 Å². The Labute approximate surface area is 164 Å². The molecule has 2 N–H and O–H groups in total. The zero-order valence-electron chi connectivity index (χ0n) is 14.8. The zero-order chi connectivity index (χ0) is 19.9. The molecule has 2 aromatic rings. The number of benzene rings is 1. The molecule has 1 saturated heterocycles. The summed E-state index contributed by atoms with van der Waals surface area (Å²) in [6.45, 7) is 2.23. The lowest BCUT2D eigenvalue weighted by atomic mass is 10.0. The van der Waals surface area contributed by atoms with E-state index in [9.17, 15) is 18.0 Å². The molecule has 4 rings (SSSR count). The van der Waals surface area contributed by atoms with Gasteiger partial charge in [0.25, 0.3) is 5.91 Å². The van der Waals surface area contributed by atoms with Crippen LogP contribution in [0.15, 0.2) is 30.5 Å². The summed E-state index contributed by atoms with van der Waals surface area (Å²) in [6, 6.07) is 5.44. The highest BCUT2D eigenvalue weighted by atomic mass is 35.5. The largest absolute Gasteiger partial charge is 0.416 e. The number of amides is 1. The van der Waals surface area contributed by atoms with E-state index >= 15 is 0 Å². The fraction of sp³-hybridized carbons (Fsp3) is 0.444. The molecule has 2 aliphatic heterocycles. The third kappa shape index (κ3) is 3.61. The molecule has 0 bridgehead atoms. The Morgan fingerprint density at radius 3 is 2.82 bits per heavy atom. The van der Waals surface area contributed by atoms with E-state index < -0.39 is 17.1 Å². The number of carbonyl (C=O) groups is 1. The summed E-state index contributed by atoms with van der Waals surface area (Å²) in [5.74, 6) is 0.497. The minimum absolute atomic E-state index is 0.161. The monoisotopic (exact) mass is 413 g/mol. The van der Waals surface area contributed by atoms with Gasteiger partial charge in [0, 0.05) is 44.0 Å². The highest BCUT2D eigenvalue weighted by molar-refractivity contribution is 6.31. The molecular formula is C18H19ClF3N5O. The summed E-state index contributed by atoms with van der Waals surface area (Å²) < 4.78 is 41.7. The van der Waals surface area contributed by atoms with Gasteiger partial charge >= 0.3 is 6.18 Å². The van der Waals surface area contributed by atoms with E-state index in [1.54, 1.807) is 12.3 Å². The smallest absolute Gasteiger partial charge is 0.329 e. The van der Waals surface area contributed by atoms with Crippen LogP contribution in [-0.2, 0) is 30.5 Å². The molecule has 2 unspecified atom stereocenters. The lowest BCUT2D eigenvalue weighted by Crippen LogP contribution is -2.62. The fourth-order valence-corrected chi connectivity index (χ4v) is 4.12. The second-order valence-corrected chi connectivity index (χ2v) is 7.43. The van der Waals surface area contributed by atoms with Gasteiger partial charge in [-0.3, -0.25) is 15.1 Å². The van der Waals surface area contributed by atoms with Crippen molar-refractivity contribution in [1.82, 2.24) is 25.3 Å². The van der Waals surface area contributed by atoms with Gasteiger partial charge < -0.3 is 4.57 Å². The number of imidazole rings is 1. The van der Waals surface area contributed by atoms with Crippen LogP contribution in [0.4, 0.5) is 13.2 Å². The Bertz CT molecular complexity index is 884. The van der Waals surface area contributed by atoms with Crippen molar-refractivity contribution in [2.45, 2.75) is 37.1 Å². The first-order valence-electron chi connectivity index (χ1n) is 8.94. The first kappa shape index (κ1) is 19.2. The molecule has 6 nitrogen and oxygen atoms in total. The highest BCUT2D eigenvalue weighted by Gasteiger charge is 2.37. The van der Waals surface area contributed by atoms with E-state index in [-0.39, 0.29) is 23.9 Å². The van der Waals surface area contributed by atoms with Gasteiger partial charge in [-0.2, -0.15) is 13.2 Å². The molecule has 0 saturated carbocycles. The predicted molar refractivity (Wildman–Crippen MR) is 96.5 cm³/mol. The molecule has 2 atom stereocenters. The average Bonchev–Trinajstić information content (AvgIpc) is 3.06. The third-order valence-corrected chi connectivity index (χ3v) is 5.74. The number of rotatable bonds is 3. The van der Waals surface area contributed by atoms with Crippen LogP contribution in [-0.4, -0.2) is 44.9 Å². The van der Waals surface area contributed by atoms with Crippen molar-refractivity contribution in [2.24, 2.45) is 0 Å². The summed E-state index contributed by atoms with van der Waals surface area (Å²) in [5, 5.41) is -0.666. The molecule has 10 heteroatoms. The van der Waals surface area contributed by atoms with Crippen molar-refractivity contribution in [2.75, 3.05) is 13.1 Å². The molecule has 0 radical (unpaired) electrons. The second-order valence-electron chi connectivity index (χ2n) is 6.96. The van der Waals surface area contributed by atoms with Gasteiger partial charge in [0.1, 0.15) is 11.2 Å². The number of nitrogens with zero attached hydrogens (tertiary/aromatic N) is 3. The Morgan fingerprint density at radius 2 is 2.04 bits per heavy atom. The summed E-state index contributed by atoms with van der Waals surface area (Å²) in [4.78, 5) is 18.3. The number of alkyl halides is 4. The van der Waals surface area contributed by atoms with Gasteiger partial charge in [-0.05, 0) is 11.6 Å². The van der Waals surface area contributed by atoms with Gasteiger partial charge in [-0.25, -0.2) is 10.4 Å². The summed E-state index contributed by atoms with van der Waals surface area (Å²) in [7, 11) is 0. The molecule has 1 fully saturated rings. The minimum atomic E-state index is -4.39. The normalized spacial score (nSPS) is 23.4. The number of carbonyl (C=O) groups excluding carboxylic acids is 1.